The molecule has 1 amide bonds. The van der Waals surface area contributed by atoms with Gasteiger partial charge in [-0.05, 0) is 51.7 Å². The maximum absolute atomic E-state index is 12.7. The Morgan fingerprint density at radius 2 is 1.89 bits per heavy atom. The number of carbonyl (C=O) groups is 1. The minimum atomic E-state index is 0.0882. The van der Waals surface area contributed by atoms with E-state index in [0.29, 0.717) is 23.3 Å². The molecule has 1 aliphatic rings. The van der Waals surface area contributed by atoms with Gasteiger partial charge in [-0.1, -0.05) is 12.1 Å². The highest BCUT2D eigenvalue weighted by Gasteiger charge is 2.31. The molecule has 0 spiro atoms. The highest BCUT2D eigenvalue weighted by Crippen LogP contribution is 2.27. The van der Waals surface area contributed by atoms with Gasteiger partial charge in [0.05, 0.1) is 5.56 Å². The predicted octanol–water partition coefficient (Wildman–Crippen LogP) is 2.98. The van der Waals surface area contributed by atoms with E-state index in [1.54, 1.807) is 6.07 Å². The molecule has 0 saturated carbocycles. The van der Waals surface area contributed by atoms with Crippen LogP contribution in [-0.2, 0) is 0 Å². The fraction of sp³-hybridized carbons (Fsp3) is 0.533. The molecule has 1 aromatic carbocycles. The number of hydrogen-bond donors (Lipinski definition) is 1. The third-order valence-corrected chi connectivity index (χ3v) is 3.95. The largest absolute Gasteiger partial charge is 0.398 e. The highest BCUT2D eigenvalue weighted by atomic mass is 16.2. The number of likely N-dealkylation sites (tertiary alicyclic amines) is 1. The Balaban J connectivity index is 2.35. The van der Waals surface area contributed by atoms with Crippen molar-refractivity contribution >= 4 is 11.6 Å². The van der Waals surface area contributed by atoms with Crippen LogP contribution in [0.2, 0.25) is 0 Å². The van der Waals surface area contributed by atoms with E-state index in [0.717, 1.165) is 18.4 Å². The van der Waals surface area contributed by atoms with Gasteiger partial charge in [-0.2, -0.15) is 0 Å². The highest BCUT2D eigenvalue weighted by molar-refractivity contribution is 6.00. The van der Waals surface area contributed by atoms with Gasteiger partial charge in [-0.3, -0.25) is 4.79 Å². The zero-order valence-corrected chi connectivity index (χ0v) is 11.4. The van der Waals surface area contributed by atoms with Crippen molar-refractivity contribution < 1.29 is 4.79 Å². The van der Waals surface area contributed by atoms with Crippen LogP contribution in [0, 0.1) is 6.92 Å². The number of nitrogens with two attached hydrogens (primary N) is 1. The van der Waals surface area contributed by atoms with Crippen molar-refractivity contribution in [2.45, 2.75) is 52.1 Å². The topological polar surface area (TPSA) is 46.3 Å². The molecule has 1 aliphatic heterocycles. The molecule has 0 aliphatic carbocycles. The van der Waals surface area contributed by atoms with E-state index >= 15 is 0 Å². The molecule has 3 nitrogen and oxygen atoms in total. The molecule has 0 radical (unpaired) electrons. The average molecular weight is 246 g/mol. The van der Waals surface area contributed by atoms with Crippen LogP contribution in [-0.4, -0.2) is 22.9 Å². The quantitative estimate of drug-likeness (QED) is 0.774. The second-order valence-electron chi connectivity index (χ2n) is 5.38. The van der Waals surface area contributed by atoms with Crippen LogP contribution in [0.1, 0.15) is 49.0 Å². The van der Waals surface area contributed by atoms with Crippen LogP contribution in [0.15, 0.2) is 18.2 Å². The molecule has 2 rings (SSSR count). The Morgan fingerprint density at radius 3 is 2.44 bits per heavy atom. The number of rotatable bonds is 1. The zero-order chi connectivity index (χ0) is 13.3. The first-order chi connectivity index (χ1) is 8.52. The Bertz CT molecular complexity index is 426. The summed E-state index contributed by atoms with van der Waals surface area (Å²) in [5.74, 6) is 0.0882. The maximum atomic E-state index is 12.7. The van der Waals surface area contributed by atoms with E-state index in [-0.39, 0.29) is 5.91 Å². The molecule has 1 saturated heterocycles. The van der Waals surface area contributed by atoms with Gasteiger partial charge in [0.2, 0.25) is 0 Å². The summed E-state index contributed by atoms with van der Waals surface area (Å²) in [6.45, 7) is 6.20. The van der Waals surface area contributed by atoms with Crippen molar-refractivity contribution in [3.63, 3.8) is 0 Å². The van der Waals surface area contributed by atoms with E-state index in [1.165, 1.54) is 6.42 Å². The van der Waals surface area contributed by atoms with Crippen LogP contribution in [0.5, 0.6) is 0 Å². The molecule has 2 atom stereocenters. The minimum Gasteiger partial charge on any atom is -0.398 e. The van der Waals surface area contributed by atoms with E-state index in [9.17, 15) is 4.79 Å². The minimum absolute atomic E-state index is 0.0882. The molecular weight excluding hydrogens is 224 g/mol. The summed E-state index contributed by atoms with van der Waals surface area (Å²) >= 11 is 0. The summed E-state index contributed by atoms with van der Waals surface area (Å²) in [7, 11) is 0. The van der Waals surface area contributed by atoms with Gasteiger partial charge in [0.25, 0.3) is 5.91 Å². The van der Waals surface area contributed by atoms with Crippen molar-refractivity contribution in [1.82, 2.24) is 4.90 Å². The summed E-state index contributed by atoms with van der Waals surface area (Å²) in [5, 5.41) is 0. The SMILES string of the molecule is Cc1cccc(N)c1C(=O)N1[C@H](C)CCC[C@@H]1C. The zero-order valence-electron chi connectivity index (χ0n) is 11.4. The molecule has 1 heterocycles. The molecule has 3 heteroatoms. The number of piperidine rings is 1. The molecule has 18 heavy (non-hydrogen) atoms. The van der Waals surface area contributed by atoms with E-state index < -0.39 is 0 Å². The van der Waals surface area contributed by atoms with Gasteiger partial charge in [0.1, 0.15) is 0 Å². The average Bonchev–Trinajstić information content (AvgIpc) is 2.28. The Hall–Kier alpha value is -1.51. The van der Waals surface area contributed by atoms with E-state index in [1.807, 2.05) is 24.0 Å². The molecule has 98 valence electrons. The lowest BCUT2D eigenvalue weighted by Gasteiger charge is -2.39. The van der Waals surface area contributed by atoms with Gasteiger partial charge < -0.3 is 10.6 Å². The predicted molar refractivity (Wildman–Crippen MR) is 74.5 cm³/mol. The molecule has 0 unspecified atom stereocenters. The van der Waals surface area contributed by atoms with Gasteiger partial charge in [0, 0.05) is 17.8 Å². The van der Waals surface area contributed by atoms with Crippen molar-refractivity contribution in [2.24, 2.45) is 0 Å². The smallest absolute Gasteiger partial charge is 0.256 e. The fourth-order valence-corrected chi connectivity index (χ4v) is 2.93. The number of nitrogens with zero attached hydrogens (tertiary/aromatic N) is 1. The first kappa shape index (κ1) is 12.9. The standard InChI is InChI=1S/C15H22N2O/c1-10-6-4-9-13(16)14(10)15(18)17-11(2)7-5-8-12(17)3/h4,6,9,11-12H,5,7-8,16H2,1-3H3/t11-,12+. The fourth-order valence-electron chi connectivity index (χ4n) is 2.93. The number of anilines is 1. The molecule has 0 aromatic heterocycles. The lowest BCUT2D eigenvalue weighted by atomic mass is 9.95. The summed E-state index contributed by atoms with van der Waals surface area (Å²) < 4.78 is 0. The van der Waals surface area contributed by atoms with Gasteiger partial charge >= 0.3 is 0 Å². The number of nitrogen functional groups attached to an aromatic ring is 1. The molecule has 0 bridgehead atoms. The lowest BCUT2D eigenvalue weighted by Crippen LogP contribution is -2.47. The summed E-state index contributed by atoms with van der Waals surface area (Å²) in [6, 6.07) is 6.26. The second kappa shape index (κ2) is 5.01. The Labute approximate surface area is 109 Å². The summed E-state index contributed by atoms with van der Waals surface area (Å²) in [5.41, 5.74) is 8.20. The van der Waals surface area contributed by atoms with Gasteiger partial charge in [-0.25, -0.2) is 0 Å². The third-order valence-electron chi connectivity index (χ3n) is 3.95. The number of carbonyl (C=O) groups excluding carboxylic acids is 1. The Kier molecular flexibility index (Phi) is 3.60. The lowest BCUT2D eigenvalue weighted by molar-refractivity contribution is 0.0511. The van der Waals surface area contributed by atoms with Gasteiger partial charge in [-0.15, -0.1) is 0 Å². The maximum Gasteiger partial charge on any atom is 0.256 e. The number of benzene rings is 1. The van der Waals surface area contributed by atoms with Crippen molar-refractivity contribution in [3.05, 3.63) is 29.3 Å². The van der Waals surface area contributed by atoms with Crippen LogP contribution >= 0.6 is 0 Å². The normalized spacial score (nSPS) is 24.1. The van der Waals surface area contributed by atoms with Crippen LogP contribution in [0.25, 0.3) is 0 Å². The van der Waals surface area contributed by atoms with Crippen LogP contribution in [0.3, 0.4) is 0 Å². The van der Waals surface area contributed by atoms with E-state index in [4.69, 9.17) is 5.73 Å². The monoisotopic (exact) mass is 246 g/mol. The number of amides is 1. The number of hydrogen-bond acceptors (Lipinski definition) is 2. The second-order valence-corrected chi connectivity index (χ2v) is 5.38. The first-order valence-corrected chi connectivity index (χ1v) is 6.70. The van der Waals surface area contributed by atoms with Crippen molar-refractivity contribution in [2.75, 3.05) is 5.73 Å². The first-order valence-electron chi connectivity index (χ1n) is 6.70. The summed E-state index contributed by atoms with van der Waals surface area (Å²) in [4.78, 5) is 14.7. The van der Waals surface area contributed by atoms with Crippen molar-refractivity contribution in [3.8, 4) is 0 Å². The Morgan fingerprint density at radius 1 is 1.28 bits per heavy atom. The molecular formula is C15H22N2O. The van der Waals surface area contributed by atoms with Crippen molar-refractivity contribution in [1.29, 1.82) is 0 Å². The third kappa shape index (κ3) is 2.22. The molecule has 1 aromatic rings. The summed E-state index contributed by atoms with van der Waals surface area (Å²) in [6.07, 6.45) is 3.37. The number of aryl methyl sites for hydroxylation is 1. The van der Waals surface area contributed by atoms with Crippen LogP contribution < -0.4 is 5.73 Å². The molecule has 1 fully saturated rings. The molecule has 2 N–H and O–H groups in total. The van der Waals surface area contributed by atoms with E-state index in [2.05, 4.69) is 13.8 Å². The van der Waals surface area contributed by atoms with Gasteiger partial charge in [0.15, 0.2) is 0 Å². The van der Waals surface area contributed by atoms with Crippen LogP contribution in [0.4, 0.5) is 5.69 Å².